The summed E-state index contributed by atoms with van der Waals surface area (Å²) in [5.41, 5.74) is 7.85. The van der Waals surface area contributed by atoms with Crippen molar-refractivity contribution in [3.63, 3.8) is 0 Å². The number of anilines is 1. The smallest absolute Gasteiger partial charge is 0.338 e. The second-order valence-electron chi connectivity index (χ2n) is 5.23. The van der Waals surface area contributed by atoms with Gasteiger partial charge in [0.15, 0.2) is 0 Å². The lowest BCUT2D eigenvalue weighted by atomic mass is 9.88. The molecule has 0 bridgehead atoms. The maximum Gasteiger partial charge on any atom is 0.338 e. The summed E-state index contributed by atoms with van der Waals surface area (Å²) in [6, 6.07) is 5.38. The van der Waals surface area contributed by atoms with E-state index in [1.165, 1.54) is 6.42 Å². The van der Waals surface area contributed by atoms with Crippen molar-refractivity contribution in [2.75, 3.05) is 5.73 Å². The Labute approximate surface area is 108 Å². The summed E-state index contributed by atoms with van der Waals surface area (Å²) >= 11 is 0. The summed E-state index contributed by atoms with van der Waals surface area (Å²) in [6.45, 7) is 4.01. The van der Waals surface area contributed by atoms with Crippen molar-refractivity contribution < 1.29 is 9.53 Å². The van der Waals surface area contributed by atoms with Crippen LogP contribution in [-0.4, -0.2) is 12.1 Å². The first kappa shape index (κ1) is 12.9. The monoisotopic (exact) mass is 247 g/mol. The second kappa shape index (κ2) is 5.42. The van der Waals surface area contributed by atoms with E-state index in [1.54, 1.807) is 18.2 Å². The van der Waals surface area contributed by atoms with Gasteiger partial charge in [0.2, 0.25) is 0 Å². The van der Waals surface area contributed by atoms with E-state index in [9.17, 15) is 4.79 Å². The molecule has 2 rings (SSSR count). The lowest BCUT2D eigenvalue weighted by Crippen LogP contribution is -2.28. The molecule has 18 heavy (non-hydrogen) atoms. The second-order valence-corrected chi connectivity index (χ2v) is 5.23. The van der Waals surface area contributed by atoms with Crippen LogP contribution in [0.3, 0.4) is 0 Å². The molecule has 1 aromatic rings. The Morgan fingerprint density at radius 2 is 2.06 bits per heavy atom. The van der Waals surface area contributed by atoms with Gasteiger partial charge in [-0.1, -0.05) is 19.4 Å². The zero-order valence-electron chi connectivity index (χ0n) is 11.1. The molecule has 0 spiro atoms. The molecular weight excluding hydrogens is 226 g/mol. The first-order chi connectivity index (χ1) is 8.59. The summed E-state index contributed by atoms with van der Waals surface area (Å²) in [6.07, 6.45) is 4.58. The predicted molar refractivity (Wildman–Crippen MR) is 72.4 cm³/mol. The largest absolute Gasteiger partial charge is 0.458 e. The van der Waals surface area contributed by atoms with E-state index in [4.69, 9.17) is 10.5 Å². The Hall–Kier alpha value is -1.51. The number of esters is 1. The highest BCUT2D eigenvalue weighted by Gasteiger charge is 2.25. The number of hydrogen-bond donors (Lipinski definition) is 1. The van der Waals surface area contributed by atoms with Crippen LogP contribution in [0.2, 0.25) is 0 Å². The van der Waals surface area contributed by atoms with Crippen molar-refractivity contribution in [3.8, 4) is 0 Å². The van der Waals surface area contributed by atoms with Gasteiger partial charge in [-0.3, -0.25) is 0 Å². The fourth-order valence-electron chi connectivity index (χ4n) is 2.53. The van der Waals surface area contributed by atoms with E-state index in [0.717, 1.165) is 24.8 Å². The Kier molecular flexibility index (Phi) is 3.90. The number of ether oxygens (including phenoxy) is 1. The van der Waals surface area contributed by atoms with Crippen LogP contribution in [0.5, 0.6) is 0 Å². The average Bonchev–Trinajstić information content (AvgIpc) is 2.35. The van der Waals surface area contributed by atoms with E-state index >= 15 is 0 Å². The number of nitrogen functional groups attached to an aromatic ring is 1. The van der Waals surface area contributed by atoms with Crippen LogP contribution in [0.25, 0.3) is 0 Å². The lowest BCUT2D eigenvalue weighted by molar-refractivity contribution is 0.00475. The van der Waals surface area contributed by atoms with Gasteiger partial charge in [0.25, 0.3) is 0 Å². The van der Waals surface area contributed by atoms with Gasteiger partial charge in [-0.25, -0.2) is 4.79 Å². The molecule has 0 aromatic heterocycles. The molecule has 98 valence electrons. The predicted octanol–water partition coefficient (Wildman–Crippen LogP) is 3.31. The molecule has 2 unspecified atom stereocenters. The first-order valence-corrected chi connectivity index (χ1v) is 6.65. The van der Waals surface area contributed by atoms with E-state index in [2.05, 4.69) is 6.92 Å². The van der Waals surface area contributed by atoms with Crippen molar-refractivity contribution in [2.45, 2.75) is 45.6 Å². The van der Waals surface area contributed by atoms with Gasteiger partial charge >= 0.3 is 5.97 Å². The molecule has 0 aliphatic heterocycles. The highest BCUT2D eigenvalue weighted by Crippen LogP contribution is 2.27. The third-order valence-electron chi connectivity index (χ3n) is 3.89. The van der Waals surface area contributed by atoms with Crippen LogP contribution in [0.4, 0.5) is 5.69 Å². The van der Waals surface area contributed by atoms with Crippen LogP contribution in [0.1, 0.15) is 48.5 Å². The highest BCUT2D eigenvalue weighted by atomic mass is 16.5. The minimum atomic E-state index is -0.237. The number of rotatable bonds is 2. The number of carbonyl (C=O) groups is 1. The summed E-state index contributed by atoms with van der Waals surface area (Å²) in [7, 11) is 0. The minimum absolute atomic E-state index is 0.0621. The number of nitrogens with two attached hydrogens (primary N) is 1. The SMILES string of the molecule is Cc1c(N)cccc1C(=O)OC1CCCCC1C. The molecule has 0 amide bonds. The standard InChI is InChI=1S/C15H21NO2/c1-10-6-3-4-9-14(10)18-15(17)12-7-5-8-13(16)11(12)2/h5,7-8,10,14H,3-4,6,9,16H2,1-2H3. The average molecular weight is 247 g/mol. The van der Waals surface area contributed by atoms with E-state index < -0.39 is 0 Å². The fourth-order valence-corrected chi connectivity index (χ4v) is 2.53. The Morgan fingerprint density at radius 3 is 2.78 bits per heavy atom. The number of carbonyl (C=O) groups excluding carboxylic acids is 1. The van der Waals surface area contributed by atoms with E-state index in [0.29, 0.717) is 17.2 Å². The van der Waals surface area contributed by atoms with Crippen LogP contribution in [0.15, 0.2) is 18.2 Å². The third-order valence-corrected chi connectivity index (χ3v) is 3.89. The maximum atomic E-state index is 12.2. The molecule has 0 saturated heterocycles. The van der Waals surface area contributed by atoms with Crippen LogP contribution in [0, 0.1) is 12.8 Å². The van der Waals surface area contributed by atoms with Gasteiger partial charge in [0.1, 0.15) is 6.10 Å². The molecule has 3 nitrogen and oxygen atoms in total. The zero-order chi connectivity index (χ0) is 13.1. The van der Waals surface area contributed by atoms with Gasteiger partial charge in [-0.2, -0.15) is 0 Å². The van der Waals surface area contributed by atoms with Crippen molar-refractivity contribution in [2.24, 2.45) is 5.92 Å². The quantitative estimate of drug-likeness (QED) is 0.644. The van der Waals surface area contributed by atoms with Crippen LogP contribution in [-0.2, 0) is 4.74 Å². The van der Waals surface area contributed by atoms with Gasteiger partial charge in [-0.15, -0.1) is 0 Å². The molecule has 1 aliphatic rings. The normalized spacial score (nSPS) is 23.7. The molecule has 2 N–H and O–H groups in total. The van der Waals surface area contributed by atoms with Gasteiger partial charge in [0, 0.05) is 5.69 Å². The summed E-state index contributed by atoms with van der Waals surface area (Å²) in [5.74, 6) is 0.225. The van der Waals surface area contributed by atoms with Crippen molar-refractivity contribution >= 4 is 11.7 Å². The molecule has 1 aromatic carbocycles. The molecular formula is C15H21NO2. The topological polar surface area (TPSA) is 52.3 Å². The highest BCUT2D eigenvalue weighted by molar-refractivity contribution is 5.92. The lowest BCUT2D eigenvalue weighted by Gasteiger charge is -2.28. The molecule has 2 atom stereocenters. The van der Waals surface area contributed by atoms with E-state index in [1.807, 2.05) is 6.92 Å². The van der Waals surface area contributed by atoms with Gasteiger partial charge in [-0.05, 0) is 49.8 Å². The molecule has 1 aliphatic carbocycles. The van der Waals surface area contributed by atoms with Gasteiger partial charge in [0.05, 0.1) is 5.56 Å². The van der Waals surface area contributed by atoms with E-state index in [-0.39, 0.29) is 12.1 Å². The molecule has 0 radical (unpaired) electrons. The third kappa shape index (κ3) is 2.66. The molecule has 1 fully saturated rings. The van der Waals surface area contributed by atoms with Crippen molar-refractivity contribution in [1.82, 2.24) is 0 Å². The van der Waals surface area contributed by atoms with Crippen molar-refractivity contribution in [3.05, 3.63) is 29.3 Å². The maximum absolute atomic E-state index is 12.2. The molecule has 1 saturated carbocycles. The first-order valence-electron chi connectivity index (χ1n) is 6.65. The molecule has 3 heteroatoms. The minimum Gasteiger partial charge on any atom is -0.458 e. The molecule has 0 heterocycles. The number of hydrogen-bond acceptors (Lipinski definition) is 3. The fraction of sp³-hybridized carbons (Fsp3) is 0.533. The number of benzene rings is 1. The summed E-state index contributed by atoms with van der Waals surface area (Å²) in [5, 5.41) is 0. The Bertz CT molecular complexity index is 442. The summed E-state index contributed by atoms with van der Waals surface area (Å²) in [4.78, 5) is 12.2. The van der Waals surface area contributed by atoms with Crippen LogP contribution < -0.4 is 5.73 Å². The Balaban J connectivity index is 2.09. The summed E-state index contributed by atoms with van der Waals surface area (Å²) < 4.78 is 5.63. The zero-order valence-corrected chi connectivity index (χ0v) is 11.1. The Morgan fingerprint density at radius 1 is 1.33 bits per heavy atom. The van der Waals surface area contributed by atoms with Crippen molar-refractivity contribution in [1.29, 1.82) is 0 Å². The van der Waals surface area contributed by atoms with Gasteiger partial charge < -0.3 is 10.5 Å². The van der Waals surface area contributed by atoms with Crippen LogP contribution >= 0.6 is 0 Å².